The van der Waals surface area contributed by atoms with Crippen LogP contribution in [0, 0.1) is 10.1 Å². The monoisotopic (exact) mass is 466 g/mol. The predicted molar refractivity (Wildman–Crippen MR) is 125 cm³/mol. The summed E-state index contributed by atoms with van der Waals surface area (Å²) in [6, 6.07) is 14.0. The first kappa shape index (κ1) is 23.7. The van der Waals surface area contributed by atoms with Crippen LogP contribution >= 0.6 is 11.8 Å². The fraction of sp³-hybridized carbons (Fsp3) is 0.174. The summed E-state index contributed by atoms with van der Waals surface area (Å²) in [5, 5.41) is 16.7. The zero-order chi connectivity index (χ0) is 24.0. The minimum Gasteiger partial charge on any atom is -0.350 e. The minimum absolute atomic E-state index is 0.120. The van der Waals surface area contributed by atoms with Crippen LogP contribution in [0.25, 0.3) is 0 Å². The predicted octanol–water partition coefficient (Wildman–Crippen LogP) is 3.05. The third-order valence-corrected chi connectivity index (χ3v) is 5.71. The van der Waals surface area contributed by atoms with Crippen molar-refractivity contribution in [2.45, 2.75) is 4.90 Å². The SMILES string of the molecule is CSc1ccc(C(=O)c2ccccc2C(=O)NCCNC(=O)c2cccn2C)cc1[N+](=O)[O-]. The Labute approximate surface area is 194 Å². The molecule has 3 rings (SSSR count). The van der Waals surface area contributed by atoms with Gasteiger partial charge in [0.1, 0.15) is 5.69 Å². The summed E-state index contributed by atoms with van der Waals surface area (Å²) >= 11 is 1.21. The number of ketones is 1. The van der Waals surface area contributed by atoms with E-state index >= 15 is 0 Å². The van der Waals surface area contributed by atoms with Crippen molar-refractivity contribution in [3.8, 4) is 0 Å². The number of aromatic nitrogens is 1. The zero-order valence-electron chi connectivity index (χ0n) is 18.0. The van der Waals surface area contributed by atoms with Gasteiger partial charge in [0.05, 0.1) is 15.4 Å². The van der Waals surface area contributed by atoms with Crippen molar-refractivity contribution in [2.24, 2.45) is 7.05 Å². The van der Waals surface area contributed by atoms with Crippen molar-refractivity contribution >= 4 is 35.0 Å². The number of hydrogen-bond acceptors (Lipinski definition) is 6. The van der Waals surface area contributed by atoms with Gasteiger partial charge in [-0.3, -0.25) is 24.5 Å². The van der Waals surface area contributed by atoms with E-state index in [1.165, 1.54) is 42.1 Å². The number of thioether (sulfide) groups is 1. The summed E-state index contributed by atoms with van der Waals surface area (Å²) in [5.74, 6) is -1.24. The van der Waals surface area contributed by atoms with E-state index in [1.807, 2.05) is 0 Å². The number of nitrogens with zero attached hydrogens (tertiary/aromatic N) is 2. The van der Waals surface area contributed by atoms with Crippen LogP contribution < -0.4 is 10.6 Å². The van der Waals surface area contributed by atoms with Crippen LogP contribution in [0.15, 0.2) is 65.7 Å². The van der Waals surface area contributed by atoms with E-state index in [9.17, 15) is 24.5 Å². The Kier molecular flexibility index (Phi) is 7.62. The molecule has 0 aliphatic heterocycles. The fourth-order valence-corrected chi connectivity index (χ4v) is 3.79. The van der Waals surface area contributed by atoms with E-state index in [0.717, 1.165) is 0 Å². The maximum absolute atomic E-state index is 13.1. The van der Waals surface area contributed by atoms with Gasteiger partial charge >= 0.3 is 0 Å². The van der Waals surface area contributed by atoms with Gasteiger partial charge in [0.15, 0.2) is 5.78 Å². The fourth-order valence-electron chi connectivity index (χ4n) is 3.24. The molecular formula is C23H22N4O5S. The Bertz CT molecular complexity index is 1220. The Morgan fingerprint density at radius 1 is 0.970 bits per heavy atom. The zero-order valence-corrected chi connectivity index (χ0v) is 18.8. The third kappa shape index (κ3) is 5.47. The quantitative estimate of drug-likeness (QED) is 0.164. The largest absolute Gasteiger partial charge is 0.350 e. The van der Waals surface area contributed by atoms with Gasteiger partial charge in [0.25, 0.3) is 17.5 Å². The summed E-state index contributed by atoms with van der Waals surface area (Å²) < 4.78 is 1.69. The summed E-state index contributed by atoms with van der Waals surface area (Å²) in [4.78, 5) is 49.1. The Balaban J connectivity index is 1.69. The number of amides is 2. The Morgan fingerprint density at radius 2 is 1.64 bits per heavy atom. The van der Waals surface area contributed by atoms with Crippen molar-refractivity contribution in [1.29, 1.82) is 0 Å². The second-order valence-electron chi connectivity index (χ2n) is 7.03. The summed E-state index contributed by atoms with van der Waals surface area (Å²) in [6.07, 6.45) is 3.47. The van der Waals surface area contributed by atoms with Crippen LogP contribution in [-0.2, 0) is 7.05 Å². The number of rotatable bonds is 9. The molecule has 2 aromatic carbocycles. The van der Waals surface area contributed by atoms with Crippen molar-refractivity contribution in [2.75, 3.05) is 19.3 Å². The number of carbonyl (C=O) groups excluding carboxylic acids is 3. The summed E-state index contributed by atoms with van der Waals surface area (Å²) in [6.45, 7) is 0.361. The van der Waals surface area contributed by atoms with Crippen LogP contribution in [0.4, 0.5) is 5.69 Å². The molecule has 0 radical (unpaired) electrons. The average molecular weight is 467 g/mol. The number of benzene rings is 2. The van der Waals surface area contributed by atoms with Crippen LogP contribution in [0.3, 0.4) is 0 Å². The molecule has 0 saturated carbocycles. The Morgan fingerprint density at radius 3 is 2.24 bits per heavy atom. The molecule has 1 heterocycles. The van der Waals surface area contributed by atoms with Crippen LogP contribution in [0.5, 0.6) is 0 Å². The normalized spacial score (nSPS) is 10.5. The number of nitrogens with one attached hydrogen (secondary N) is 2. The van der Waals surface area contributed by atoms with Crippen molar-refractivity contribution < 1.29 is 19.3 Å². The van der Waals surface area contributed by atoms with Gasteiger partial charge in [0.2, 0.25) is 0 Å². The minimum atomic E-state index is -0.537. The van der Waals surface area contributed by atoms with E-state index < -0.39 is 16.6 Å². The molecule has 2 N–H and O–H groups in total. The van der Waals surface area contributed by atoms with E-state index in [1.54, 1.807) is 48.3 Å². The second-order valence-corrected chi connectivity index (χ2v) is 7.88. The van der Waals surface area contributed by atoms with E-state index in [2.05, 4.69) is 10.6 Å². The molecule has 0 bridgehead atoms. The molecule has 0 unspecified atom stereocenters. The first-order valence-corrected chi connectivity index (χ1v) is 11.2. The molecular weight excluding hydrogens is 444 g/mol. The lowest BCUT2D eigenvalue weighted by atomic mass is 9.97. The number of nitro benzene ring substituents is 1. The standard InChI is InChI=1S/C23H22N4O5S/c1-26-13-5-8-18(26)23(30)25-12-11-24-22(29)17-7-4-3-6-16(17)21(28)15-9-10-20(33-2)19(14-15)27(31)32/h3-10,13-14H,11-12H2,1-2H3,(H,24,29)(H,25,30). The molecule has 2 amide bonds. The summed E-state index contributed by atoms with van der Waals surface area (Å²) in [5.41, 5.74) is 0.736. The lowest BCUT2D eigenvalue weighted by molar-refractivity contribution is -0.387. The third-order valence-electron chi connectivity index (χ3n) is 4.93. The van der Waals surface area contributed by atoms with E-state index in [0.29, 0.717) is 10.6 Å². The molecule has 33 heavy (non-hydrogen) atoms. The number of hydrogen-bond donors (Lipinski definition) is 2. The smallest absolute Gasteiger partial charge is 0.283 e. The molecule has 10 heteroatoms. The number of aryl methyl sites for hydroxylation is 1. The highest BCUT2D eigenvalue weighted by Crippen LogP contribution is 2.29. The molecule has 0 saturated heterocycles. The maximum atomic E-state index is 13.1. The molecule has 0 atom stereocenters. The molecule has 0 aliphatic rings. The topological polar surface area (TPSA) is 123 Å². The van der Waals surface area contributed by atoms with Crippen LogP contribution in [0.2, 0.25) is 0 Å². The number of nitro groups is 1. The highest BCUT2D eigenvalue weighted by Gasteiger charge is 2.21. The van der Waals surface area contributed by atoms with Gasteiger partial charge in [-0.25, -0.2) is 0 Å². The maximum Gasteiger partial charge on any atom is 0.283 e. The molecule has 0 spiro atoms. The molecule has 1 aromatic heterocycles. The van der Waals surface area contributed by atoms with E-state index in [-0.39, 0.29) is 41.4 Å². The average Bonchev–Trinajstić information content (AvgIpc) is 3.26. The van der Waals surface area contributed by atoms with Gasteiger partial charge in [-0.1, -0.05) is 18.2 Å². The second kappa shape index (κ2) is 10.6. The summed E-state index contributed by atoms with van der Waals surface area (Å²) in [7, 11) is 1.76. The Hall–Kier alpha value is -3.92. The van der Waals surface area contributed by atoms with Gasteiger partial charge in [-0.15, -0.1) is 11.8 Å². The highest BCUT2D eigenvalue weighted by atomic mass is 32.2. The number of carbonyl (C=O) groups is 3. The molecule has 170 valence electrons. The van der Waals surface area contributed by atoms with Crippen LogP contribution in [-0.4, -0.2) is 46.4 Å². The first-order chi connectivity index (χ1) is 15.8. The van der Waals surface area contributed by atoms with E-state index in [4.69, 9.17) is 0 Å². The molecule has 0 aliphatic carbocycles. The molecule has 3 aromatic rings. The van der Waals surface area contributed by atoms with Crippen molar-refractivity contribution in [3.63, 3.8) is 0 Å². The van der Waals surface area contributed by atoms with Crippen molar-refractivity contribution in [1.82, 2.24) is 15.2 Å². The molecule has 0 fully saturated rings. The lowest BCUT2D eigenvalue weighted by Crippen LogP contribution is -2.35. The molecule has 9 nitrogen and oxygen atoms in total. The van der Waals surface area contributed by atoms with Crippen molar-refractivity contribution in [3.05, 3.63) is 93.3 Å². The first-order valence-electron chi connectivity index (χ1n) is 9.97. The van der Waals surface area contributed by atoms with Gasteiger partial charge < -0.3 is 15.2 Å². The van der Waals surface area contributed by atoms with Gasteiger partial charge in [-0.2, -0.15) is 0 Å². The van der Waals surface area contributed by atoms with Crippen LogP contribution in [0.1, 0.15) is 36.8 Å². The van der Waals surface area contributed by atoms with Gasteiger partial charge in [0, 0.05) is 43.5 Å². The highest BCUT2D eigenvalue weighted by molar-refractivity contribution is 7.98. The van der Waals surface area contributed by atoms with Gasteiger partial charge in [-0.05, 0) is 36.6 Å². The lowest BCUT2D eigenvalue weighted by Gasteiger charge is -2.11.